The fourth-order valence-electron chi connectivity index (χ4n) is 6.73. The van der Waals surface area contributed by atoms with Gasteiger partial charge in [0, 0.05) is 16.8 Å². The van der Waals surface area contributed by atoms with Crippen LogP contribution in [-0.4, -0.2) is 0 Å². The van der Waals surface area contributed by atoms with E-state index in [0.29, 0.717) is 22.2 Å². The Labute approximate surface area is 310 Å². The minimum Gasteiger partial charge on any atom is -0.310 e. The molecule has 0 radical (unpaired) electrons. The average molecular weight is 658 g/mol. The molecule has 0 aliphatic carbocycles. The third kappa shape index (κ3) is 5.86. The van der Waals surface area contributed by atoms with Crippen LogP contribution >= 0.6 is 0 Å². The van der Waals surface area contributed by atoms with Gasteiger partial charge < -0.3 is 4.90 Å². The van der Waals surface area contributed by atoms with Gasteiger partial charge in [0.25, 0.3) is 0 Å². The summed E-state index contributed by atoms with van der Waals surface area (Å²) >= 11 is 0. The van der Waals surface area contributed by atoms with Gasteiger partial charge in [0.1, 0.15) is 0 Å². The Kier molecular flexibility index (Phi) is 5.96. The number of fused-ring (bicyclic) bond motifs is 2. The van der Waals surface area contributed by atoms with Gasteiger partial charge in [-0.15, -0.1) is 0 Å². The Morgan fingerprint density at radius 1 is 0.314 bits per heavy atom. The van der Waals surface area contributed by atoms with Gasteiger partial charge in [-0.3, -0.25) is 0 Å². The Morgan fingerprint density at radius 2 is 0.784 bits per heavy atom. The van der Waals surface area contributed by atoms with Crippen molar-refractivity contribution in [2.75, 3.05) is 4.90 Å². The first kappa shape index (κ1) is 22.8. The maximum absolute atomic E-state index is 9.67. The lowest BCUT2D eigenvalue weighted by Gasteiger charge is -2.27. The van der Waals surface area contributed by atoms with E-state index in [-0.39, 0.29) is 58.8 Å². The average Bonchev–Trinajstić information content (AvgIpc) is 3.28. The van der Waals surface area contributed by atoms with E-state index in [9.17, 15) is 11.0 Å². The number of benzene rings is 9. The lowest BCUT2D eigenvalue weighted by molar-refractivity contribution is 1.30. The van der Waals surface area contributed by atoms with Gasteiger partial charge in [0.05, 0.1) is 16.7 Å². The van der Waals surface area contributed by atoms with Crippen LogP contribution in [0.3, 0.4) is 0 Å². The van der Waals surface area contributed by atoms with E-state index in [2.05, 4.69) is 0 Å². The van der Waals surface area contributed by atoms with Crippen LogP contribution in [0, 0.1) is 0 Å². The maximum atomic E-state index is 9.67. The predicted octanol–water partition coefficient (Wildman–Crippen LogP) is 14.1. The van der Waals surface area contributed by atoms with Gasteiger partial charge in [-0.1, -0.05) is 182 Å². The molecule has 0 spiro atoms. The first-order valence-electron chi connectivity index (χ1n) is 20.9. The zero-order chi connectivity index (χ0) is 40.9. The van der Waals surface area contributed by atoms with Crippen LogP contribution in [-0.2, 0) is 0 Å². The van der Waals surface area contributed by atoms with Gasteiger partial charge >= 0.3 is 0 Å². The van der Waals surface area contributed by atoms with Crippen molar-refractivity contribution in [3.63, 3.8) is 0 Å². The van der Waals surface area contributed by atoms with Crippen LogP contribution in [0.1, 0.15) is 11.0 Å². The standard InChI is InChI=1S/C50H35N/c1-3-12-36(13-4-1)37-22-24-38(25-23-37)39-26-31-44(32-27-39)51(49-21-11-18-40-14-7-9-19-46(40)49)45-33-28-42(29-34-45)48-35-30-41-15-8-10-20-47(41)50(48)43-16-5-2-6-17-43/h1-35H/i26D,27D,28D,29D,31D,32D,33D,34D. The predicted molar refractivity (Wildman–Crippen MR) is 218 cm³/mol. The minimum atomic E-state index is -0.390. The molecule has 0 aliphatic heterocycles. The number of hydrogen-bond donors (Lipinski definition) is 0. The van der Waals surface area contributed by atoms with E-state index in [0.717, 1.165) is 38.4 Å². The van der Waals surface area contributed by atoms with Crippen molar-refractivity contribution in [3.8, 4) is 44.5 Å². The van der Waals surface area contributed by atoms with Crippen molar-refractivity contribution in [1.29, 1.82) is 0 Å². The molecule has 1 nitrogen and oxygen atoms in total. The maximum Gasteiger partial charge on any atom is 0.0645 e. The molecule has 0 atom stereocenters. The highest BCUT2D eigenvalue weighted by atomic mass is 15.1. The monoisotopic (exact) mass is 657 g/mol. The number of nitrogens with zero attached hydrogens (tertiary/aromatic N) is 1. The van der Waals surface area contributed by atoms with Crippen molar-refractivity contribution in [2.24, 2.45) is 0 Å². The molecule has 0 N–H and O–H groups in total. The summed E-state index contributed by atoms with van der Waals surface area (Å²) in [5.74, 6) is 0. The Balaban J connectivity index is 1.30. The fourth-order valence-corrected chi connectivity index (χ4v) is 6.73. The van der Waals surface area contributed by atoms with E-state index in [1.54, 1.807) is 24.3 Å². The first-order valence-corrected chi connectivity index (χ1v) is 16.9. The summed E-state index contributed by atoms with van der Waals surface area (Å²) in [4.78, 5) is 1.38. The van der Waals surface area contributed by atoms with Gasteiger partial charge in [-0.25, -0.2) is 0 Å². The van der Waals surface area contributed by atoms with Gasteiger partial charge in [0.15, 0.2) is 0 Å². The van der Waals surface area contributed by atoms with E-state index in [4.69, 9.17) is 0 Å². The van der Waals surface area contributed by atoms with Crippen molar-refractivity contribution < 1.29 is 11.0 Å². The van der Waals surface area contributed by atoms with Crippen LogP contribution in [0.2, 0.25) is 0 Å². The summed E-state index contributed by atoms with van der Waals surface area (Å²) in [7, 11) is 0. The third-order valence-electron chi connectivity index (χ3n) is 9.22. The molecule has 0 aliphatic rings. The quantitative estimate of drug-likeness (QED) is 0.165. The van der Waals surface area contributed by atoms with Crippen molar-refractivity contribution in [2.45, 2.75) is 0 Å². The van der Waals surface area contributed by atoms with Crippen LogP contribution in [0.15, 0.2) is 212 Å². The topological polar surface area (TPSA) is 3.24 Å². The summed E-state index contributed by atoms with van der Waals surface area (Å²) in [6, 6.07) is 48.6. The molecule has 0 saturated heterocycles. The van der Waals surface area contributed by atoms with Gasteiger partial charge in [-0.2, -0.15) is 0 Å². The van der Waals surface area contributed by atoms with Crippen LogP contribution in [0.25, 0.3) is 66.1 Å². The Bertz CT molecular complexity index is 3010. The SMILES string of the molecule is [2H]c1c([2H])c(N(c2c([2H])c([2H])c(-c3ccc4ccccc4c3-c3ccccc3)c([2H])c2[2H])c2cccc3ccccc23)c([2H])c([2H])c1-c1ccc(-c2ccccc2)cc1. The summed E-state index contributed by atoms with van der Waals surface area (Å²) in [6.07, 6.45) is 0. The number of rotatable bonds is 7. The van der Waals surface area contributed by atoms with Crippen LogP contribution in [0.5, 0.6) is 0 Å². The molecular weight excluding hydrogens is 615 g/mol. The molecule has 0 fully saturated rings. The highest BCUT2D eigenvalue weighted by Crippen LogP contribution is 2.42. The fraction of sp³-hybridized carbons (Fsp3) is 0. The van der Waals surface area contributed by atoms with Crippen LogP contribution in [0.4, 0.5) is 17.1 Å². The summed E-state index contributed by atoms with van der Waals surface area (Å²) in [5, 5.41) is 3.32. The van der Waals surface area contributed by atoms with Gasteiger partial charge in [0.2, 0.25) is 0 Å². The Hall–Kier alpha value is -6.70. The third-order valence-corrected chi connectivity index (χ3v) is 9.22. The molecule has 51 heavy (non-hydrogen) atoms. The summed E-state index contributed by atoms with van der Waals surface area (Å²) in [6.45, 7) is 0. The van der Waals surface area contributed by atoms with E-state index < -0.39 is 12.1 Å². The lowest BCUT2D eigenvalue weighted by atomic mass is 9.90. The number of anilines is 3. The van der Waals surface area contributed by atoms with E-state index in [1.165, 1.54) is 4.90 Å². The largest absolute Gasteiger partial charge is 0.310 e. The zero-order valence-corrected chi connectivity index (χ0v) is 27.5. The second-order valence-corrected chi connectivity index (χ2v) is 12.3. The van der Waals surface area contributed by atoms with E-state index >= 15 is 0 Å². The van der Waals surface area contributed by atoms with Crippen molar-refractivity contribution >= 4 is 38.6 Å². The minimum absolute atomic E-state index is 0.111. The molecule has 240 valence electrons. The van der Waals surface area contributed by atoms with Crippen molar-refractivity contribution in [1.82, 2.24) is 0 Å². The molecular formula is C50H35N. The molecule has 0 saturated carbocycles. The molecule has 0 unspecified atom stereocenters. The first-order chi connectivity index (χ1) is 28.7. The molecule has 9 rings (SSSR count). The van der Waals surface area contributed by atoms with Crippen molar-refractivity contribution in [3.05, 3.63) is 212 Å². The molecule has 9 aromatic carbocycles. The van der Waals surface area contributed by atoms with E-state index in [1.807, 2.05) is 140 Å². The van der Waals surface area contributed by atoms with Crippen LogP contribution < -0.4 is 4.90 Å². The smallest absolute Gasteiger partial charge is 0.0645 e. The molecule has 1 heteroatoms. The van der Waals surface area contributed by atoms with Gasteiger partial charge in [-0.05, 0) is 90.9 Å². The zero-order valence-electron chi connectivity index (χ0n) is 35.5. The summed E-state index contributed by atoms with van der Waals surface area (Å²) in [5.41, 5.74) is 4.83. The second-order valence-electron chi connectivity index (χ2n) is 12.3. The lowest BCUT2D eigenvalue weighted by Crippen LogP contribution is -2.10. The molecule has 0 amide bonds. The molecule has 0 aromatic heterocycles. The highest BCUT2D eigenvalue weighted by Gasteiger charge is 2.17. The number of hydrogen-bond acceptors (Lipinski definition) is 1. The summed E-state index contributed by atoms with van der Waals surface area (Å²) < 4.78 is 76.2. The highest BCUT2D eigenvalue weighted by molar-refractivity contribution is 6.04. The normalized spacial score (nSPS) is 13.3. The molecule has 0 heterocycles. The molecule has 0 bridgehead atoms. The molecule has 9 aromatic rings. The second kappa shape index (κ2) is 13.3. The Morgan fingerprint density at radius 3 is 1.43 bits per heavy atom.